The van der Waals surface area contributed by atoms with E-state index in [0.29, 0.717) is 17.3 Å². The van der Waals surface area contributed by atoms with E-state index in [1.807, 2.05) is 0 Å². The molecule has 0 bridgehead atoms. The number of hydrogen-bond donors (Lipinski definition) is 2. The number of pyridine rings is 1. The fourth-order valence-corrected chi connectivity index (χ4v) is 2.36. The van der Waals surface area contributed by atoms with E-state index in [2.05, 4.69) is 15.5 Å². The Hall–Kier alpha value is -4.01. The summed E-state index contributed by atoms with van der Waals surface area (Å²) in [6.45, 7) is 1.81. The lowest BCUT2D eigenvalue weighted by atomic mass is 10.0. The van der Waals surface area contributed by atoms with Gasteiger partial charge in [0, 0.05) is 11.6 Å². The Bertz CT molecular complexity index is 1020. The summed E-state index contributed by atoms with van der Waals surface area (Å²) >= 11 is 0. The Kier molecular flexibility index (Phi) is 4.93. The van der Waals surface area contributed by atoms with Gasteiger partial charge in [-0.05, 0) is 42.8 Å². The van der Waals surface area contributed by atoms with Crippen LogP contribution in [0.3, 0.4) is 0 Å². The van der Waals surface area contributed by atoms with Gasteiger partial charge in [-0.1, -0.05) is 6.07 Å². The standard InChI is InChI=1S/C18H14N4O5/c1-11-8-12(18(23)24)2-5-15(11)16-6-4-14(27-16)10-20-21-17-7-3-13(9-19-17)22(25)26/h2-10H,1H3,(H,19,21)(H,23,24)/b20-10+. The molecule has 0 amide bonds. The summed E-state index contributed by atoms with van der Waals surface area (Å²) in [6, 6.07) is 11.0. The van der Waals surface area contributed by atoms with E-state index < -0.39 is 10.9 Å². The summed E-state index contributed by atoms with van der Waals surface area (Å²) in [5, 5.41) is 23.6. The van der Waals surface area contributed by atoms with Gasteiger partial charge < -0.3 is 9.52 Å². The molecule has 0 saturated carbocycles. The second-order valence-corrected chi connectivity index (χ2v) is 5.57. The first-order valence-electron chi connectivity index (χ1n) is 7.78. The van der Waals surface area contributed by atoms with Gasteiger partial charge in [0.05, 0.1) is 16.7 Å². The highest BCUT2D eigenvalue weighted by Gasteiger charge is 2.10. The maximum atomic E-state index is 11.0. The lowest BCUT2D eigenvalue weighted by Gasteiger charge is -2.03. The van der Waals surface area contributed by atoms with Crippen LogP contribution in [0.4, 0.5) is 11.5 Å². The average Bonchev–Trinajstić information content (AvgIpc) is 3.10. The van der Waals surface area contributed by atoms with Gasteiger partial charge in [0.1, 0.15) is 23.5 Å². The van der Waals surface area contributed by atoms with E-state index in [-0.39, 0.29) is 11.3 Å². The Labute approximate surface area is 153 Å². The van der Waals surface area contributed by atoms with Gasteiger partial charge in [-0.3, -0.25) is 15.5 Å². The molecule has 0 radical (unpaired) electrons. The highest BCUT2D eigenvalue weighted by Crippen LogP contribution is 2.26. The van der Waals surface area contributed by atoms with Crippen LogP contribution < -0.4 is 5.43 Å². The number of aromatic carboxylic acids is 1. The molecule has 0 aliphatic rings. The normalized spacial score (nSPS) is 10.9. The van der Waals surface area contributed by atoms with Crippen LogP contribution in [0.1, 0.15) is 21.7 Å². The number of hydrogen-bond acceptors (Lipinski definition) is 7. The minimum atomic E-state index is -0.983. The predicted molar refractivity (Wildman–Crippen MR) is 97.9 cm³/mol. The Morgan fingerprint density at radius 3 is 2.74 bits per heavy atom. The molecule has 9 heteroatoms. The number of benzene rings is 1. The van der Waals surface area contributed by atoms with Crippen LogP contribution in [0.15, 0.2) is 58.2 Å². The van der Waals surface area contributed by atoms with Crippen molar-refractivity contribution in [2.45, 2.75) is 6.92 Å². The van der Waals surface area contributed by atoms with Crippen LogP contribution in [0.25, 0.3) is 11.3 Å². The monoisotopic (exact) mass is 366 g/mol. The van der Waals surface area contributed by atoms with Gasteiger partial charge in [-0.25, -0.2) is 9.78 Å². The summed E-state index contributed by atoms with van der Waals surface area (Å²) in [5.41, 5.74) is 4.32. The van der Waals surface area contributed by atoms with E-state index >= 15 is 0 Å². The van der Waals surface area contributed by atoms with E-state index in [1.165, 1.54) is 24.4 Å². The van der Waals surface area contributed by atoms with Gasteiger partial charge in [0.15, 0.2) is 0 Å². The van der Waals surface area contributed by atoms with Crippen LogP contribution in [0.5, 0.6) is 0 Å². The molecular weight excluding hydrogens is 352 g/mol. The van der Waals surface area contributed by atoms with Crippen molar-refractivity contribution in [3.8, 4) is 11.3 Å². The molecule has 2 N–H and O–H groups in total. The number of nitrogens with zero attached hydrogens (tertiary/aromatic N) is 3. The molecule has 27 heavy (non-hydrogen) atoms. The number of anilines is 1. The third kappa shape index (κ3) is 4.15. The summed E-state index contributed by atoms with van der Waals surface area (Å²) in [6.07, 6.45) is 2.57. The summed E-state index contributed by atoms with van der Waals surface area (Å²) in [4.78, 5) is 24.9. The number of furan rings is 1. The van der Waals surface area contributed by atoms with Crippen LogP contribution in [0.2, 0.25) is 0 Å². The van der Waals surface area contributed by atoms with Gasteiger partial charge in [-0.15, -0.1) is 0 Å². The van der Waals surface area contributed by atoms with Gasteiger partial charge in [-0.2, -0.15) is 5.10 Å². The van der Waals surface area contributed by atoms with Crippen molar-refractivity contribution in [2.75, 3.05) is 5.43 Å². The fraction of sp³-hybridized carbons (Fsp3) is 0.0556. The molecule has 136 valence electrons. The Morgan fingerprint density at radius 2 is 2.11 bits per heavy atom. The van der Waals surface area contributed by atoms with Crippen LogP contribution >= 0.6 is 0 Å². The predicted octanol–water partition coefficient (Wildman–Crippen LogP) is 3.70. The maximum absolute atomic E-state index is 11.0. The molecule has 3 aromatic rings. The summed E-state index contributed by atoms with van der Waals surface area (Å²) < 4.78 is 5.69. The molecule has 0 unspecified atom stereocenters. The second kappa shape index (κ2) is 7.48. The van der Waals surface area contributed by atoms with E-state index in [0.717, 1.165) is 17.3 Å². The van der Waals surface area contributed by atoms with Gasteiger partial charge >= 0.3 is 5.97 Å². The highest BCUT2D eigenvalue weighted by molar-refractivity contribution is 5.89. The van der Waals surface area contributed by atoms with Gasteiger partial charge in [0.2, 0.25) is 0 Å². The number of nitro groups is 1. The lowest BCUT2D eigenvalue weighted by Crippen LogP contribution is -1.96. The number of rotatable bonds is 6. The number of carboxylic acids is 1. The van der Waals surface area contributed by atoms with Crippen molar-refractivity contribution >= 4 is 23.7 Å². The molecule has 0 spiro atoms. The SMILES string of the molecule is Cc1cc(C(=O)O)ccc1-c1ccc(/C=N/Nc2ccc([N+](=O)[O-])cn2)o1. The first kappa shape index (κ1) is 17.8. The number of nitrogens with one attached hydrogen (secondary N) is 1. The molecular formula is C18H14N4O5. The molecule has 0 aliphatic heterocycles. The summed E-state index contributed by atoms with van der Waals surface area (Å²) in [5.74, 6) is 0.423. The third-order valence-corrected chi connectivity index (χ3v) is 3.70. The minimum Gasteiger partial charge on any atom is -0.478 e. The smallest absolute Gasteiger partial charge is 0.335 e. The lowest BCUT2D eigenvalue weighted by molar-refractivity contribution is -0.385. The number of carboxylic acid groups (broad SMARTS) is 1. The van der Waals surface area contributed by atoms with Crippen molar-refractivity contribution in [1.82, 2.24) is 4.98 Å². The molecule has 3 rings (SSSR count). The minimum absolute atomic E-state index is 0.107. The molecule has 9 nitrogen and oxygen atoms in total. The Balaban J connectivity index is 1.69. The summed E-state index contributed by atoms with van der Waals surface area (Å²) in [7, 11) is 0. The molecule has 0 aliphatic carbocycles. The third-order valence-electron chi connectivity index (χ3n) is 3.70. The van der Waals surface area contributed by atoms with E-state index in [4.69, 9.17) is 9.52 Å². The largest absolute Gasteiger partial charge is 0.478 e. The zero-order valence-electron chi connectivity index (χ0n) is 14.1. The number of hydrazone groups is 1. The van der Waals surface area contributed by atoms with Crippen LogP contribution in [0, 0.1) is 17.0 Å². The van der Waals surface area contributed by atoms with Crippen LogP contribution in [-0.2, 0) is 0 Å². The maximum Gasteiger partial charge on any atom is 0.335 e. The molecule has 2 heterocycles. The number of carbonyl (C=O) groups is 1. The first-order valence-corrected chi connectivity index (χ1v) is 7.78. The average molecular weight is 366 g/mol. The van der Waals surface area contributed by atoms with Crippen molar-refractivity contribution in [1.29, 1.82) is 0 Å². The Morgan fingerprint density at radius 1 is 1.30 bits per heavy atom. The number of aromatic nitrogens is 1. The van der Waals surface area contributed by atoms with Crippen molar-refractivity contribution in [3.05, 3.63) is 75.7 Å². The van der Waals surface area contributed by atoms with E-state index in [9.17, 15) is 14.9 Å². The van der Waals surface area contributed by atoms with Crippen molar-refractivity contribution in [3.63, 3.8) is 0 Å². The van der Waals surface area contributed by atoms with Crippen molar-refractivity contribution < 1.29 is 19.2 Å². The zero-order chi connectivity index (χ0) is 19.4. The number of aryl methyl sites for hydroxylation is 1. The molecule has 2 aromatic heterocycles. The molecule has 1 aromatic carbocycles. The molecule has 0 fully saturated rings. The van der Waals surface area contributed by atoms with Crippen molar-refractivity contribution in [2.24, 2.45) is 5.10 Å². The fourth-order valence-electron chi connectivity index (χ4n) is 2.36. The van der Waals surface area contributed by atoms with Gasteiger partial charge in [0.25, 0.3) is 5.69 Å². The quantitative estimate of drug-likeness (QED) is 0.386. The molecule has 0 saturated heterocycles. The van der Waals surface area contributed by atoms with Crippen LogP contribution in [-0.4, -0.2) is 27.2 Å². The topological polar surface area (TPSA) is 131 Å². The zero-order valence-corrected chi connectivity index (χ0v) is 14.1. The first-order chi connectivity index (χ1) is 12.9. The van der Waals surface area contributed by atoms with E-state index in [1.54, 1.807) is 31.2 Å². The second-order valence-electron chi connectivity index (χ2n) is 5.57. The highest BCUT2D eigenvalue weighted by atomic mass is 16.6. The molecule has 0 atom stereocenters.